The second-order valence-electron chi connectivity index (χ2n) is 7.81. The zero-order chi connectivity index (χ0) is 20.9. The summed E-state index contributed by atoms with van der Waals surface area (Å²) >= 11 is 0. The largest absolute Gasteiger partial charge is 0.349 e. The fourth-order valence-corrected chi connectivity index (χ4v) is 4.76. The lowest BCUT2D eigenvalue weighted by Crippen LogP contribution is -2.44. The lowest BCUT2D eigenvalue weighted by molar-refractivity contribution is 0.0909. The quantitative estimate of drug-likeness (QED) is 0.729. The van der Waals surface area contributed by atoms with Gasteiger partial charge >= 0.3 is 0 Å². The number of rotatable bonds is 7. The van der Waals surface area contributed by atoms with Crippen LogP contribution in [0.25, 0.3) is 0 Å². The lowest BCUT2D eigenvalue weighted by atomic mass is 10.0. The van der Waals surface area contributed by atoms with Crippen molar-refractivity contribution in [1.29, 1.82) is 0 Å². The fourth-order valence-electron chi connectivity index (χ4n) is 3.51. The first-order chi connectivity index (χ1) is 13.8. The molecule has 1 fully saturated rings. The molecule has 2 N–H and O–H groups in total. The third-order valence-corrected chi connectivity index (χ3v) is 6.66. The first-order valence-corrected chi connectivity index (χ1v) is 11.5. The highest BCUT2D eigenvalue weighted by molar-refractivity contribution is 7.89. The molecule has 0 bridgehead atoms. The van der Waals surface area contributed by atoms with Crippen LogP contribution in [0.4, 0.5) is 0 Å². The van der Waals surface area contributed by atoms with Crippen LogP contribution in [-0.2, 0) is 16.6 Å². The molecule has 1 aliphatic rings. The summed E-state index contributed by atoms with van der Waals surface area (Å²) in [5, 5.41) is 3.08. The normalized spacial score (nSPS) is 16.1. The van der Waals surface area contributed by atoms with Crippen molar-refractivity contribution in [3.05, 3.63) is 65.7 Å². The minimum absolute atomic E-state index is 0.139. The fraction of sp³-hybridized carbons (Fsp3) is 0.409. The van der Waals surface area contributed by atoms with E-state index >= 15 is 0 Å². The molecule has 3 rings (SSSR count). The molecular weight excluding hydrogens is 386 g/mol. The van der Waals surface area contributed by atoms with Crippen molar-refractivity contribution in [2.75, 3.05) is 13.1 Å². The van der Waals surface area contributed by atoms with E-state index in [2.05, 4.69) is 39.2 Å². The van der Waals surface area contributed by atoms with E-state index in [1.165, 1.54) is 17.7 Å². The molecule has 1 aliphatic heterocycles. The number of likely N-dealkylation sites (tertiary alicyclic amines) is 1. The first-order valence-electron chi connectivity index (χ1n) is 10.0. The standard InChI is InChI=1S/C22H29N3O3S/c1-17(2)24-29(27,28)21-10-8-19(9-11-21)22(26)23-20-12-14-25(15-13-20)16-18-6-4-3-5-7-18/h3-11,17,20,24H,12-16H2,1-2H3,(H,23,26). The SMILES string of the molecule is CC(C)NS(=O)(=O)c1ccc(C(=O)NC2CCN(Cc3ccccc3)CC2)cc1. The van der Waals surface area contributed by atoms with Crippen LogP contribution in [0, 0.1) is 0 Å². The molecule has 0 unspecified atom stereocenters. The highest BCUT2D eigenvalue weighted by Crippen LogP contribution is 2.15. The van der Waals surface area contributed by atoms with Crippen LogP contribution in [0.3, 0.4) is 0 Å². The maximum Gasteiger partial charge on any atom is 0.251 e. The molecule has 7 heteroatoms. The molecule has 29 heavy (non-hydrogen) atoms. The van der Waals surface area contributed by atoms with E-state index in [9.17, 15) is 13.2 Å². The van der Waals surface area contributed by atoms with Gasteiger partial charge in [0.1, 0.15) is 0 Å². The molecule has 6 nitrogen and oxygen atoms in total. The van der Waals surface area contributed by atoms with Crippen molar-refractivity contribution < 1.29 is 13.2 Å². The predicted octanol–water partition coefficient (Wildman–Crippen LogP) is 2.77. The molecule has 0 aliphatic carbocycles. The minimum atomic E-state index is -3.55. The van der Waals surface area contributed by atoms with Gasteiger partial charge in [-0.25, -0.2) is 13.1 Å². The number of carbonyl (C=O) groups is 1. The van der Waals surface area contributed by atoms with Gasteiger partial charge in [-0.1, -0.05) is 30.3 Å². The number of nitrogens with one attached hydrogen (secondary N) is 2. The van der Waals surface area contributed by atoms with E-state index in [0.717, 1.165) is 32.5 Å². The van der Waals surface area contributed by atoms with E-state index in [1.54, 1.807) is 26.0 Å². The summed E-state index contributed by atoms with van der Waals surface area (Å²) in [5.41, 5.74) is 1.78. The van der Waals surface area contributed by atoms with Gasteiger partial charge in [0.05, 0.1) is 4.90 Å². The third kappa shape index (κ3) is 6.13. The molecular formula is C22H29N3O3S. The first kappa shape index (κ1) is 21.5. The highest BCUT2D eigenvalue weighted by Gasteiger charge is 2.22. The average Bonchev–Trinajstić information content (AvgIpc) is 2.69. The summed E-state index contributed by atoms with van der Waals surface area (Å²) in [6.45, 7) is 6.35. The van der Waals surface area contributed by atoms with E-state index in [1.807, 2.05) is 6.07 Å². The van der Waals surface area contributed by atoms with E-state index in [4.69, 9.17) is 0 Å². The molecule has 0 aromatic heterocycles. The van der Waals surface area contributed by atoms with Crippen molar-refractivity contribution in [3.8, 4) is 0 Å². The zero-order valence-electron chi connectivity index (χ0n) is 17.0. The highest BCUT2D eigenvalue weighted by atomic mass is 32.2. The number of hydrogen-bond acceptors (Lipinski definition) is 4. The van der Waals surface area contributed by atoms with E-state index in [0.29, 0.717) is 5.56 Å². The van der Waals surface area contributed by atoms with E-state index in [-0.39, 0.29) is 22.9 Å². The van der Waals surface area contributed by atoms with Crippen LogP contribution in [-0.4, -0.2) is 44.4 Å². The molecule has 1 amide bonds. The van der Waals surface area contributed by atoms with Gasteiger partial charge in [-0.05, 0) is 56.5 Å². The lowest BCUT2D eigenvalue weighted by Gasteiger charge is -2.32. The predicted molar refractivity (Wildman–Crippen MR) is 114 cm³/mol. The molecule has 156 valence electrons. The monoisotopic (exact) mass is 415 g/mol. The van der Waals surface area contributed by atoms with Crippen LogP contribution in [0.2, 0.25) is 0 Å². The van der Waals surface area contributed by atoms with Gasteiger partial charge in [-0.3, -0.25) is 9.69 Å². The van der Waals surface area contributed by atoms with E-state index < -0.39 is 10.0 Å². The smallest absolute Gasteiger partial charge is 0.251 e. The van der Waals surface area contributed by atoms with Gasteiger partial charge in [0.2, 0.25) is 10.0 Å². The molecule has 1 saturated heterocycles. The van der Waals surface area contributed by atoms with Gasteiger partial charge in [0.15, 0.2) is 0 Å². The van der Waals surface area contributed by atoms with Crippen molar-refractivity contribution in [2.24, 2.45) is 0 Å². The number of amides is 1. The minimum Gasteiger partial charge on any atom is -0.349 e. The Bertz CT molecular complexity index is 904. The van der Waals surface area contributed by atoms with Crippen LogP contribution in [0.5, 0.6) is 0 Å². The third-order valence-electron chi connectivity index (χ3n) is 4.99. The molecule has 0 atom stereocenters. The Labute approximate surface area is 173 Å². The Morgan fingerprint density at radius 2 is 1.66 bits per heavy atom. The molecule has 0 radical (unpaired) electrons. The Balaban J connectivity index is 1.51. The second kappa shape index (κ2) is 9.52. The number of piperidine rings is 1. The van der Waals surface area contributed by atoms with Gasteiger partial charge in [-0.15, -0.1) is 0 Å². The summed E-state index contributed by atoms with van der Waals surface area (Å²) in [5.74, 6) is -0.160. The van der Waals surface area contributed by atoms with Crippen molar-refractivity contribution in [3.63, 3.8) is 0 Å². The van der Waals surface area contributed by atoms with Gasteiger partial charge in [0, 0.05) is 37.3 Å². The Hall–Kier alpha value is -2.22. The maximum atomic E-state index is 12.5. The Morgan fingerprint density at radius 1 is 1.03 bits per heavy atom. The van der Waals surface area contributed by atoms with Crippen molar-refractivity contribution >= 4 is 15.9 Å². The Morgan fingerprint density at radius 3 is 2.24 bits per heavy atom. The van der Waals surface area contributed by atoms with Gasteiger partial charge in [0.25, 0.3) is 5.91 Å². The zero-order valence-corrected chi connectivity index (χ0v) is 17.8. The van der Waals surface area contributed by atoms with Crippen LogP contribution in [0.1, 0.15) is 42.6 Å². The van der Waals surface area contributed by atoms with Crippen molar-refractivity contribution in [2.45, 2.75) is 50.2 Å². The Kier molecular flexibility index (Phi) is 7.05. The summed E-state index contributed by atoms with van der Waals surface area (Å²) in [4.78, 5) is 15.1. The summed E-state index contributed by atoms with van der Waals surface area (Å²) in [6.07, 6.45) is 1.81. The van der Waals surface area contributed by atoms with Crippen LogP contribution < -0.4 is 10.0 Å². The maximum absolute atomic E-state index is 12.5. The summed E-state index contributed by atoms with van der Waals surface area (Å²) in [7, 11) is -3.55. The van der Waals surface area contributed by atoms with Gasteiger partial charge < -0.3 is 5.32 Å². The number of hydrogen-bond donors (Lipinski definition) is 2. The topological polar surface area (TPSA) is 78.5 Å². The molecule has 1 heterocycles. The van der Waals surface area contributed by atoms with Crippen LogP contribution >= 0.6 is 0 Å². The molecule has 0 saturated carbocycles. The second-order valence-corrected chi connectivity index (χ2v) is 9.52. The van der Waals surface area contributed by atoms with Crippen LogP contribution in [0.15, 0.2) is 59.5 Å². The molecule has 2 aromatic rings. The molecule has 0 spiro atoms. The number of carbonyl (C=O) groups excluding carboxylic acids is 1. The number of sulfonamides is 1. The summed E-state index contributed by atoms with van der Waals surface area (Å²) < 4.78 is 26.9. The summed E-state index contributed by atoms with van der Waals surface area (Å²) in [6, 6.07) is 16.4. The number of nitrogens with zero attached hydrogens (tertiary/aromatic N) is 1. The van der Waals surface area contributed by atoms with Crippen molar-refractivity contribution in [1.82, 2.24) is 14.9 Å². The molecule has 2 aromatic carbocycles. The average molecular weight is 416 g/mol. The van der Waals surface area contributed by atoms with Gasteiger partial charge in [-0.2, -0.15) is 0 Å². The number of benzene rings is 2.